The maximum atomic E-state index is 13.3. The fraction of sp³-hybridized carbons (Fsp3) is 0.0800. The molecule has 0 radical (unpaired) electrons. The van der Waals surface area contributed by atoms with E-state index in [9.17, 15) is 9.59 Å². The maximum Gasteiger partial charge on any atom is 0.256 e. The van der Waals surface area contributed by atoms with Gasteiger partial charge in [0, 0.05) is 41.2 Å². The normalized spacial score (nSPS) is 12.6. The number of halogens is 1. The van der Waals surface area contributed by atoms with E-state index < -0.39 is 0 Å². The predicted octanol–water partition coefficient (Wildman–Crippen LogP) is 2.59. The van der Waals surface area contributed by atoms with Crippen molar-refractivity contribution >= 4 is 35.2 Å². The average molecular weight is 474 g/mol. The zero-order valence-corrected chi connectivity index (χ0v) is 19.1. The van der Waals surface area contributed by atoms with E-state index >= 15 is 0 Å². The molecule has 0 saturated heterocycles. The monoisotopic (exact) mass is 473 g/mol. The fourth-order valence-corrected chi connectivity index (χ4v) is 4.17. The van der Waals surface area contributed by atoms with Gasteiger partial charge in [0.25, 0.3) is 11.5 Å². The Hall–Kier alpha value is -4.30. The van der Waals surface area contributed by atoms with Crippen molar-refractivity contribution in [2.75, 3.05) is 12.4 Å². The molecule has 5 rings (SSSR count). The van der Waals surface area contributed by atoms with E-state index in [4.69, 9.17) is 16.1 Å². The van der Waals surface area contributed by atoms with E-state index in [1.165, 1.54) is 6.26 Å². The molecule has 3 heterocycles. The van der Waals surface area contributed by atoms with Crippen LogP contribution in [-0.4, -0.2) is 28.1 Å². The molecule has 8 nitrogen and oxygen atoms in total. The number of aromatic amines is 1. The van der Waals surface area contributed by atoms with Gasteiger partial charge in [-0.05, 0) is 42.3 Å². The van der Waals surface area contributed by atoms with Crippen molar-refractivity contribution in [2.45, 2.75) is 6.92 Å². The highest BCUT2D eigenvalue weighted by atomic mass is 35.5. The molecule has 2 aromatic heterocycles. The molecule has 1 aliphatic heterocycles. The first kappa shape index (κ1) is 21.5. The highest BCUT2D eigenvalue weighted by Crippen LogP contribution is 2.24. The number of amides is 1. The molecule has 4 aromatic rings. The number of rotatable bonds is 4. The molecule has 0 atom stereocenters. The lowest BCUT2D eigenvalue weighted by Crippen LogP contribution is -2.48. The largest absolute Gasteiger partial charge is 0.363 e. The van der Waals surface area contributed by atoms with E-state index in [0.29, 0.717) is 32.9 Å². The number of carbonyl (C=O) groups excluding carboxylic acids is 1. The lowest BCUT2D eigenvalue weighted by atomic mass is 9.98. The number of pyridine rings is 1. The van der Waals surface area contributed by atoms with Crippen molar-refractivity contribution < 1.29 is 9.32 Å². The minimum atomic E-state index is -0.353. The summed E-state index contributed by atoms with van der Waals surface area (Å²) in [6, 6.07) is 16.0. The Kier molecular flexibility index (Phi) is 5.43. The van der Waals surface area contributed by atoms with Crippen LogP contribution in [0.1, 0.15) is 21.5 Å². The number of benzene rings is 2. The number of hydrogen-bond acceptors (Lipinski definition) is 6. The van der Waals surface area contributed by atoms with E-state index in [2.05, 4.69) is 20.9 Å². The summed E-state index contributed by atoms with van der Waals surface area (Å²) < 4.78 is 4.75. The number of hydrogen-bond donors (Lipinski definition) is 3. The summed E-state index contributed by atoms with van der Waals surface area (Å²) in [4.78, 5) is 29.0. The van der Waals surface area contributed by atoms with Crippen molar-refractivity contribution in [1.29, 1.82) is 0 Å². The number of hydrazine groups is 1. The van der Waals surface area contributed by atoms with Gasteiger partial charge in [-0.15, -0.1) is 0 Å². The molecule has 9 heteroatoms. The third kappa shape index (κ3) is 3.84. The standard InChI is InChI=1S/C25H20ClN5O3/c1-14-7-8-15(24(32)28-21-9-10-34-30-21)11-18(14)19-12-16-13-27-31(2)23(22(16)29-25(19)33)17-5-3-4-6-20(17)26/h3-13,27H,1-2H3,(H,29,33)(H,28,30,32). The third-order valence-corrected chi connectivity index (χ3v) is 5.99. The first-order valence-corrected chi connectivity index (χ1v) is 10.9. The predicted molar refractivity (Wildman–Crippen MR) is 130 cm³/mol. The Bertz CT molecular complexity index is 1590. The Balaban J connectivity index is 1.65. The number of aromatic nitrogens is 2. The number of carbonyl (C=O) groups is 1. The van der Waals surface area contributed by atoms with Gasteiger partial charge in [0.05, 0.1) is 16.1 Å². The lowest BCUT2D eigenvalue weighted by molar-refractivity contribution is 0.102. The molecule has 2 aromatic carbocycles. The first-order valence-electron chi connectivity index (χ1n) is 10.5. The van der Waals surface area contributed by atoms with E-state index in [0.717, 1.165) is 22.0 Å². The summed E-state index contributed by atoms with van der Waals surface area (Å²) in [5.74, 6) is -0.0417. The molecule has 3 N–H and O–H groups in total. The highest BCUT2D eigenvalue weighted by Gasteiger charge is 2.18. The Morgan fingerprint density at radius 3 is 2.68 bits per heavy atom. The van der Waals surface area contributed by atoms with Gasteiger partial charge in [0.2, 0.25) is 0 Å². The Labute approximate surface area is 199 Å². The maximum absolute atomic E-state index is 13.3. The molecule has 0 aliphatic carbocycles. The van der Waals surface area contributed by atoms with E-state index in [1.54, 1.807) is 29.3 Å². The summed E-state index contributed by atoms with van der Waals surface area (Å²) in [5, 5.41) is 10.2. The first-order chi connectivity index (χ1) is 16.4. The molecule has 0 saturated carbocycles. The molecule has 0 bridgehead atoms. The quantitative estimate of drug-likeness (QED) is 0.421. The molecule has 0 spiro atoms. The number of fused-ring (bicyclic) bond motifs is 1. The molecular weight excluding hydrogens is 454 g/mol. The van der Waals surface area contributed by atoms with Gasteiger partial charge in [-0.25, -0.2) is 0 Å². The van der Waals surface area contributed by atoms with Gasteiger partial charge >= 0.3 is 0 Å². The van der Waals surface area contributed by atoms with Gasteiger partial charge in [0.15, 0.2) is 5.82 Å². The van der Waals surface area contributed by atoms with Gasteiger partial charge in [-0.1, -0.05) is 41.0 Å². The van der Waals surface area contributed by atoms with Crippen molar-refractivity contribution in [3.63, 3.8) is 0 Å². The van der Waals surface area contributed by atoms with Crippen LogP contribution in [-0.2, 0) is 0 Å². The van der Waals surface area contributed by atoms with E-state index in [1.807, 2.05) is 50.5 Å². The number of anilines is 1. The van der Waals surface area contributed by atoms with Crippen LogP contribution in [0.15, 0.2) is 70.2 Å². The summed E-state index contributed by atoms with van der Waals surface area (Å²) in [5.41, 5.74) is 6.83. The topological polar surface area (TPSA) is 103 Å². The van der Waals surface area contributed by atoms with Gasteiger partial charge in [0.1, 0.15) is 6.26 Å². The second-order valence-corrected chi connectivity index (χ2v) is 8.28. The molecule has 170 valence electrons. The van der Waals surface area contributed by atoms with Crippen LogP contribution in [0.4, 0.5) is 5.82 Å². The molecule has 0 unspecified atom stereocenters. The van der Waals surface area contributed by atoms with Crippen LogP contribution in [0, 0.1) is 6.92 Å². The van der Waals surface area contributed by atoms with E-state index in [-0.39, 0.29) is 11.5 Å². The fourth-order valence-electron chi connectivity index (χ4n) is 3.94. The number of nitrogens with zero attached hydrogens (tertiary/aromatic N) is 2. The second-order valence-electron chi connectivity index (χ2n) is 7.87. The van der Waals surface area contributed by atoms with Gasteiger partial charge < -0.3 is 20.2 Å². The Morgan fingerprint density at radius 2 is 1.91 bits per heavy atom. The highest BCUT2D eigenvalue weighted by molar-refractivity contribution is 6.32. The Morgan fingerprint density at radius 1 is 1.09 bits per heavy atom. The van der Waals surface area contributed by atoms with Crippen molar-refractivity contribution in [1.82, 2.24) is 20.6 Å². The van der Waals surface area contributed by atoms with Crippen molar-refractivity contribution in [2.24, 2.45) is 0 Å². The lowest BCUT2D eigenvalue weighted by Gasteiger charge is -2.26. The van der Waals surface area contributed by atoms with Crippen LogP contribution in [0.3, 0.4) is 0 Å². The molecule has 34 heavy (non-hydrogen) atoms. The zero-order chi connectivity index (χ0) is 23.8. The van der Waals surface area contributed by atoms with Crippen molar-refractivity contribution in [3.8, 4) is 11.1 Å². The summed E-state index contributed by atoms with van der Waals surface area (Å²) in [6.07, 6.45) is 3.18. The average Bonchev–Trinajstić information content (AvgIpc) is 3.33. The minimum Gasteiger partial charge on any atom is -0.363 e. The van der Waals surface area contributed by atoms with Crippen LogP contribution in [0.25, 0.3) is 23.0 Å². The second kappa shape index (κ2) is 8.57. The molecule has 1 aliphatic rings. The zero-order valence-electron chi connectivity index (χ0n) is 18.3. The third-order valence-electron chi connectivity index (χ3n) is 5.66. The molecule has 1 amide bonds. The SMILES string of the molecule is Cc1ccc(C(=O)Nc2ccon2)cc1-c1cc2c([nH]c1=O)=C(c1ccccc1Cl)N(C)NC=2. The van der Waals surface area contributed by atoms with Crippen molar-refractivity contribution in [3.05, 3.63) is 103 Å². The molecule has 0 fully saturated rings. The van der Waals surface area contributed by atoms with Crippen LogP contribution in [0.5, 0.6) is 0 Å². The van der Waals surface area contributed by atoms with Crippen LogP contribution < -0.4 is 26.9 Å². The summed E-state index contributed by atoms with van der Waals surface area (Å²) >= 11 is 6.45. The number of nitrogens with one attached hydrogen (secondary N) is 3. The minimum absolute atomic E-state index is 0.274. The van der Waals surface area contributed by atoms with Gasteiger partial charge in [-0.3, -0.25) is 14.6 Å². The smallest absolute Gasteiger partial charge is 0.256 e. The summed E-state index contributed by atoms with van der Waals surface area (Å²) in [6.45, 7) is 1.89. The summed E-state index contributed by atoms with van der Waals surface area (Å²) in [7, 11) is 1.85. The number of H-pyrrole nitrogens is 1. The van der Waals surface area contributed by atoms with Crippen LogP contribution in [0.2, 0.25) is 5.02 Å². The van der Waals surface area contributed by atoms with Crippen LogP contribution >= 0.6 is 11.6 Å². The van der Waals surface area contributed by atoms with Gasteiger partial charge in [-0.2, -0.15) is 0 Å². The molecular formula is C25H20ClN5O3. The number of aryl methyl sites for hydroxylation is 1.